The minimum absolute atomic E-state index is 0.0138. The van der Waals surface area contributed by atoms with E-state index in [1.165, 1.54) is 0 Å². The number of allylic oxidation sites excluding steroid dienone is 2. The molecule has 56 valence electrons. The molecule has 0 amide bonds. The second-order valence-electron chi connectivity index (χ2n) is 2.40. The summed E-state index contributed by atoms with van der Waals surface area (Å²) in [4.78, 5) is 0. The first kappa shape index (κ1) is 7.19. The Balaban J connectivity index is 2.72. The van der Waals surface area contributed by atoms with Gasteiger partial charge in [0.05, 0.1) is 0 Å². The standard InChI is InChI=1S/C8H12O2/c1-3-7-4-6(2)10-8(9)5-7/h4-6,9H,3H2,1-2H3. The summed E-state index contributed by atoms with van der Waals surface area (Å²) in [7, 11) is 0. The highest BCUT2D eigenvalue weighted by Crippen LogP contribution is 2.15. The lowest BCUT2D eigenvalue weighted by atomic mass is 10.1. The molecule has 1 rings (SSSR count). The molecule has 2 heteroatoms. The van der Waals surface area contributed by atoms with E-state index in [4.69, 9.17) is 9.84 Å². The van der Waals surface area contributed by atoms with Gasteiger partial charge >= 0.3 is 0 Å². The average molecular weight is 140 g/mol. The van der Waals surface area contributed by atoms with Crippen LogP contribution in [0.1, 0.15) is 20.3 Å². The number of aliphatic hydroxyl groups is 1. The summed E-state index contributed by atoms with van der Waals surface area (Å²) in [6, 6.07) is 0. The number of aliphatic hydroxyl groups excluding tert-OH is 1. The van der Waals surface area contributed by atoms with Gasteiger partial charge < -0.3 is 9.84 Å². The molecular weight excluding hydrogens is 128 g/mol. The summed E-state index contributed by atoms with van der Waals surface area (Å²) in [5.74, 6) is 0.0341. The van der Waals surface area contributed by atoms with Crippen LogP contribution in [-0.2, 0) is 4.74 Å². The molecule has 0 spiro atoms. The smallest absolute Gasteiger partial charge is 0.277 e. The maximum absolute atomic E-state index is 8.98. The molecule has 1 aliphatic rings. The van der Waals surface area contributed by atoms with Crippen molar-refractivity contribution in [1.29, 1.82) is 0 Å². The van der Waals surface area contributed by atoms with Gasteiger partial charge in [0.1, 0.15) is 6.10 Å². The van der Waals surface area contributed by atoms with Crippen LogP contribution in [-0.4, -0.2) is 11.2 Å². The summed E-state index contributed by atoms with van der Waals surface area (Å²) in [5.41, 5.74) is 1.14. The van der Waals surface area contributed by atoms with Crippen LogP contribution >= 0.6 is 0 Å². The van der Waals surface area contributed by atoms with Gasteiger partial charge in [0.15, 0.2) is 0 Å². The van der Waals surface area contributed by atoms with Crippen LogP contribution in [0.4, 0.5) is 0 Å². The minimum atomic E-state index is 0.0138. The van der Waals surface area contributed by atoms with E-state index in [0.717, 1.165) is 12.0 Å². The predicted molar refractivity (Wildman–Crippen MR) is 39.6 cm³/mol. The van der Waals surface area contributed by atoms with E-state index >= 15 is 0 Å². The quantitative estimate of drug-likeness (QED) is 0.604. The van der Waals surface area contributed by atoms with E-state index in [1.54, 1.807) is 6.08 Å². The molecule has 1 aliphatic heterocycles. The van der Waals surface area contributed by atoms with Gasteiger partial charge in [0.25, 0.3) is 5.95 Å². The second kappa shape index (κ2) is 2.78. The monoisotopic (exact) mass is 140 g/mol. The van der Waals surface area contributed by atoms with Crippen molar-refractivity contribution in [2.75, 3.05) is 0 Å². The SMILES string of the molecule is CCC1=CC(C)OC(O)=C1. The summed E-state index contributed by atoms with van der Waals surface area (Å²) in [6.45, 7) is 3.95. The number of rotatable bonds is 1. The molecule has 0 saturated heterocycles. The fraction of sp³-hybridized carbons (Fsp3) is 0.500. The molecule has 10 heavy (non-hydrogen) atoms. The Morgan fingerprint density at radius 2 is 2.40 bits per heavy atom. The fourth-order valence-corrected chi connectivity index (χ4v) is 0.987. The molecular formula is C8H12O2. The zero-order valence-electron chi connectivity index (χ0n) is 6.29. The molecule has 1 heterocycles. The van der Waals surface area contributed by atoms with Crippen LogP contribution in [0.2, 0.25) is 0 Å². The summed E-state index contributed by atoms with van der Waals surface area (Å²) < 4.78 is 4.96. The molecule has 1 atom stereocenters. The third-order valence-corrected chi connectivity index (χ3v) is 1.47. The number of hydrogen-bond donors (Lipinski definition) is 1. The van der Waals surface area contributed by atoms with E-state index in [1.807, 2.05) is 19.9 Å². The van der Waals surface area contributed by atoms with E-state index in [9.17, 15) is 0 Å². The molecule has 0 aliphatic carbocycles. The topological polar surface area (TPSA) is 29.5 Å². The summed E-state index contributed by atoms with van der Waals surface area (Å²) in [5, 5.41) is 8.98. The summed E-state index contributed by atoms with van der Waals surface area (Å²) >= 11 is 0. The summed E-state index contributed by atoms with van der Waals surface area (Å²) in [6.07, 6.45) is 4.61. The van der Waals surface area contributed by atoms with Gasteiger partial charge in [-0.05, 0) is 25.0 Å². The van der Waals surface area contributed by atoms with Gasteiger partial charge in [-0.15, -0.1) is 0 Å². The maximum atomic E-state index is 8.98. The maximum Gasteiger partial charge on any atom is 0.277 e. The van der Waals surface area contributed by atoms with Crippen molar-refractivity contribution in [2.24, 2.45) is 0 Å². The minimum Gasteiger partial charge on any atom is -0.481 e. The highest BCUT2D eigenvalue weighted by atomic mass is 16.6. The van der Waals surface area contributed by atoms with Gasteiger partial charge in [0.2, 0.25) is 0 Å². The first-order valence-corrected chi connectivity index (χ1v) is 3.50. The Kier molecular flexibility index (Phi) is 2.00. The molecule has 1 N–H and O–H groups in total. The average Bonchev–Trinajstić information content (AvgIpc) is 1.85. The third kappa shape index (κ3) is 1.53. The molecule has 0 fully saturated rings. The Morgan fingerprint density at radius 3 is 2.90 bits per heavy atom. The number of hydrogen-bond acceptors (Lipinski definition) is 2. The molecule has 2 nitrogen and oxygen atoms in total. The first-order valence-electron chi connectivity index (χ1n) is 3.50. The zero-order valence-corrected chi connectivity index (χ0v) is 6.29. The van der Waals surface area contributed by atoms with Crippen molar-refractivity contribution in [3.63, 3.8) is 0 Å². The van der Waals surface area contributed by atoms with Crippen molar-refractivity contribution in [2.45, 2.75) is 26.4 Å². The largest absolute Gasteiger partial charge is 0.481 e. The van der Waals surface area contributed by atoms with Crippen molar-refractivity contribution < 1.29 is 9.84 Å². The molecule has 0 aromatic carbocycles. The van der Waals surface area contributed by atoms with E-state index in [0.29, 0.717) is 0 Å². The fourth-order valence-electron chi connectivity index (χ4n) is 0.987. The van der Waals surface area contributed by atoms with Gasteiger partial charge in [0, 0.05) is 6.08 Å². The van der Waals surface area contributed by atoms with Crippen LogP contribution in [0.25, 0.3) is 0 Å². The molecule has 0 radical (unpaired) electrons. The van der Waals surface area contributed by atoms with Crippen molar-refractivity contribution >= 4 is 0 Å². The van der Waals surface area contributed by atoms with Crippen LogP contribution in [0.3, 0.4) is 0 Å². The normalized spacial score (nSPS) is 24.8. The zero-order chi connectivity index (χ0) is 7.56. The Hall–Kier alpha value is -0.920. The Bertz CT molecular complexity index is 180. The lowest BCUT2D eigenvalue weighted by Crippen LogP contribution is -2.09. The van der Waals surface area contributed by atoms with E-state index in [-0.39, 0.29) is 12.0 Å². The van der Waals surface area contributed by atoms with Gasteiger partial charge in [-0.25, -0.2) is 0 Å². The van der Waals surface area contributed by atoms with Gasteiger partial charge in [-0.2, -0.15) is 0 Å². The van der Waals surface area contributed by atoms with Crippen LogP contribution in [0, 0.1) is 0 Å². The Morgan fingerprint density at radius 1 is 1.70 bits per heavy atom. The lowest BCUT2D eigenvalue weighted by molar-refractivity contribution is 0.0614. The highest BCUT2D eigenvalue weighted by molar-refractivity contribution is 5.22. The number of ether oxygens (including phenoxy) is 1. The van der Waals surface area contributed by atoms with Crippen LogP contribution < -0.4 is 0 Å². The molecule has 0 aromatic rings. The first-order chi connectivity index (χ1) is 4.72. The van der Waals surface area contributed by atoms with Crippen molar-refractivity contribution in [3.05, 3.63) is 23.7 Å². The van der Waals surface area contributed by atoms with Crippen molar-refractivity contribution in [1.82, 2.24) is 0 Å². The second-order valence-corrected chi connectivity index (χ2v) is 2.40. The third-order valence-electron chi connectivity index (χ3n) is 1.47. The highest BCUT2D eigenvalue weighted by Gasteiger charge is 2.08. The van der Waals surface area contributed by atoms with Crippen molar-refractivity contribution in [3.8, 4) is 0 Å². The predicted octanol–water partition coefficient (Wildman–Crippen LogP) is 2.14. The Labute approximate surface area is 60.8 Å². The molecule has 1 unspecified atom stereocenters. The lowest BCUT2D eigenvalue weighted by Gasteiger charge is -2.15. The van der Waals surface area contributed by atoms with Gasteiger partial charge in [-0.3, -0.25) is 0 Å². The molecule has 0 aromatic heterocycles. The van der Waals surface area contributed by atoms with Crippen LogP contribution in [0.5, 0.6) is 0 Å². The van der Waals surface area contributed by atoms with Gasteiger partial charge in [-0.1, -0.05) is 6.92 Å². The van der Waals surface area contributed by atoms with Crippen LogP contribution in [0.15, 0.2) is 23.7 Å². The van der Waals surface area contributed by atoms with E-state index in [2.05, 4.69) is 0 Å². The molecule has 0 bridgehead atoms. The molecule has 0 saturated carbocycles. The van der Waals surface area contributed by atoms with E-state index < -0.39 is 0 Å².